The van der Waals surface area contributed by atoms with E-state index >= 15 is 0 Å². The molecule has 0 radical (unpaired) electrons. The van der Waals surface area contributed by atoms with E-state index < -0.39 is 0 Å². The first-order valence-corrected chi connectivity index (χ1v) is 6.34. The maximum Gasteiger partial charge on any atom is 0.246 e. The molecule has 0 aliphatic rings. The molecule has 1 aromatic rings. The third kappa shape index (κ3) is 3.29. The number of nitrogens with one attached hydrogen (secondary N) is 1. The molecular weight excluding hydrogens is 230 g/mol. The second-order valence-electron chi connectivity index (χ2n) is 6.09. The highest BCUT2D eigenvalue weighted by atomic mass is 16.5. The number of rotatable bonds is 5. The van der Waals surface area contributed by atoms with Crippen LogP contribution in [0.25, 0.3) is 0 Å². The first-order valence-electron chi connectivity index (χ1n) is 6.34. The summed E-state index contributed by atoms with van der Waals surface area (Å²) < 4.78 is 10.8. The average Bonchev–Trinajstić information content (AvgIpc) is 2.66. The van der Waals surface area contributed by atoms with Crippen molar-refractivity contribution in [3.05, 3.63) is 11.7 Å². The zero-order valence-corrected chi connectivity index (χ0v) is 12.5. The lowest BCUT2D eigenvalue weighted by Gasteiger charge is -2.26. The predicted molar refractivity (Wildman–Crippen MR) is 70.2 cm³/mol. The molecule has 5 heteroatoms. The van der Waals surface area contributed by atoms with Crippen LogP contribution in [0.2, 0.25) is 0 Å². The Morgan fingerprint density at radius 2 is 1.89 bits per heavy atom. The summed E-state index contributed by atoms with van der Waals surface area (Å²) >= 11 is 0. The van der Waals surface area contributed by atoms with E-state index in [1.165, 1.54) is 0 Å². The van der Waals surface area contributed by atoms with E-state index in [0.717, 1.165) is 6.54 Å². The Kier molecular flexibility index (Phi) is 4.50. The monoisotopic (exact) mass is 255 g/mol. The van der Waals surface area contributed by atoms with E-state index in [-0.39, 0.29) is 17.1 Å². The van der Waals surface area contributed by atoms with Gasteiger partial charge in [-0.25, -0.2) is 0 Å². The van der Waals surface area contributed by atoms with Crippen molar-refractivity contribution in [3.8, 4) is 0 Å². The summed E-state index contributed by atoms with van der Waals surface area (Å²) in [7, 11) is 1.67. The number of methoxy groups -OCH3 is 1. The normalized spacial score (nSPS) is 14.8. The maximum absolute atomic E-state index is 5.48. The van der Waals surface area contributed by atoms with Crippen LogP contribution in [0.4, 0.5) is 0 Å². The Hall–Kier alpha value is -0.940. The average molecular weight is 255 g/mol. The second-order valence-corrected chi connectivity index (χ2v) is 6.09. The second kappa shape index (κ2) is 5.36. The number of aromatic nitrogens is 2. The van der Waals surface area contributed by atoms with Crippen LogP contribution in [0, 0.1) is 5.41 Å². The highest BCUT2D eigenvalue weighted by Crippen LogP contribution is 2.34. The van der Waals surface area contributed by atoms with Gasteiger partial charge in [0.05, 0.1) is 5.54 Å². The van der Waals surface area contributed by atoms with Gasteiger partial charge in [-0.3, -0.25) is 0 Å². The van der Waals surface area contributed by atoms with Crippen LogP contribution in [0.5, 0.6) is 0 Å². The van der Waals surface area contributed by atoms with E-state index in [4.69, 9.17) is 9.26 Å². The van der Waals surface area contributed by atoms with Gasteiger partial charge in [0.25, 0.3) is 0 Å². The largest absolute Gasteiger partial charge is 0.373 e. The Bertz CT molecular complexity index is 380. The molecular formula is C13H25N3O2. The molecule has 1 atom stereocenters. The third-order valence-electron chi connectivity index (χ3n) is 2.85. The van der Waals surface area contributed by atoms with Gasteiger partial charge in [0, 0.05) is 7.11 Å². The van der Waals surface area contributed by atoms with Gasteiger partial charge < -0.3 is 14.6 Å². The lowest BCUT2D eigenvalue weighted by atomic mass is 9.88. The summed E-state index contributed by atoms with van der Waals surface area (Å²) in [5.41, 5.74) is -0.394. The molecule has 0 aliphatic carbocycles. The molecule has 18 heavy (non-hydrogen) atoms. The molecule has 5 nitrogen and oxygen atoms in total. The number of nitrogens with zero attached hydrogens (tertiary/aromatic N) is 2. The fourth-order valence-electron chi connectivity index (χ4n) is 1.96. The highest BCUT2D eigenvalue weighted by molar-refractivity contribution is 5.02. The Labute approximate surface area is 109 Å². The zero-order chi connectivity index (χ0) is 14.0. The van der Waals surface area contributed by atoms with Crippen molar-refractivity contribution < 1.29 is 9.26 Å². The van der Waals surface area contributed by atoms with Crippen LogP contribution in [0.3, 0.4) is 0 Å². The van der Waals surface area contributed by atoms with Crippen LogP contribution >= 0.6 is 0 Å². The zero-order valence-electron chi connectivity index (χ0n) is 12.5. The van der Waals surface area contributed by atoms with Gasteiger partial charge in [0.2, 0.25) is 11.7 Å². The summed E-state index contributed by atoms with van der Waals surface area (Å²) in [6, 6.07) is 0. The summed E-state index contributed by atoms with van der Waals surface area (Å²) in [6.07, 6.45) is -0.174. The van der Waals surface area contributed by atoms with Crippen LogP contribution in [0.15, 0.2) is 4.52 Å². The van der Waals surface area contributed by atoms with Crippen molar-refractivity contribution in [2.24, 2.45) is 5.41 Å². The molecule has 1 aromatic heterocycles. The maximum atomic E-state index is 5.48. The molecule has 0 spiro atoms. The molecule has 1 rings (SSSR count). The molecule has 0 bridgehead atoms. The molecule has 0 amide bonds. The van der Waals surface area contributed by atoms with Crippen molar-refractivity contribution in [1.82, 2.24) is 15.5 Å². The molecule has 1 unspecified atom stereocenters. The Morgan fingerprint density at radius 3 is 2.33 bits per heavy atom. The minimum absolute atomic E-state index is 0.0712. The van der Waals surface area contributed by atoms with E-state index in [9.17, 15) is 0 Å². The Balaban J connectivity index is 2.99. The van der Waals surface area contributed by atoms with Crippen LogP contribution < -0.4 is 5.32 Å². The standard InChI is InChI=1S/C13H25N3O2/c1-8-14-13(5,6)11-15-10(16-18-11)9(17-7)12(2,3)4/h9,14H,8H2,1-7H3. The van der Waals surface area contributed by atoms with Gasteiger partial charge in [0.15, 0.2) is 0 Å². The minimum atomic E-state index is -0.323. The SMILES string of the molecule is CCNC(C)(C)c1nc(C(OC)C(C)(C)C)no1. The molecule has 0 fully saturated rings. The number of ether oxygens (including phenoxy) is 1. The van der Waals surface area contributed by atoms with Crippen molar-refractivity contribution in [3.63, 3.8) is 0 Å². The molecule has 104 valence electrons. The Morgan fingerprint density at radius 1 is 1.28 bits per heavy atom. The minimum Gasteiger partial charge on any atom is -0.373 e. The predicted octanol–water partition coefficient (Wildman–Crippen LogP) is 2.65. The van der Waals surface area contributed by atoms with Crippen LogP contribution in [-0.4, -0.2) is 23.8 Å². The first kappa shape index (κ1) is 15.1. The molecule has 0 aliphatic heterocycles. The van der Waals surface area contributed by atoms with E-state index in [1.54, 1.807) is 7.11 Å². The lowest BCUT2D eigenvalue weighted by molar-refractivity contribution is 0.00718. The van der Waals surface area contributed by atoms with Crippen molar-refractivity contribution in [2.75, 3.05) is 13.7 Å². The molecule has 0 saturated heterocycles. The van der Waals surface area contributed by atoms with Gasteiger partial charge >= 0.3 is 0 Å². The molecule has 1 N–H and O–H groups in total. The quantitative estimate of drug-likeness (QED) is 0.876. The van der Waals surface area contributed by atoms with Gasteiger partial charge in [-0.15, -0.1) is 0 Å². The topological polar surface area (TPSA) is 60.2 Å². The van der Waals surface area contributed by atoms with Crippen molar-refractivity contribution in [2.45, 2.75) is 53.2 Å². The van der Waals surface area contributed by atoms with Gasteiger partial charge in [-0.1, -0.05) is 32.9 Å². The molecule has 0 aromatic carbocycles. The summed E-state index contributed by atoms with van der Waals surface area (Å²) in [6.45, 7) is 13.2. The van der Waals surface area contributed by atoms with E-state index in [0.29, 0.717) is 11.7 Å². The summed E-state index contributed by atoms with van der Waals surface area (Å²) in [4.78, 5) is 4.47. The molecule has 1 heterocycles. The van der Waals surface area contributed by atoms with Crippen LogP contribution in [0.1, 0.15) is 59.4 Å². The lowest BCUT2D eigenvalue weighted by Crippen LogP contribution is -2.36. The summed E-state index contributed by atoms with van der Waals surface area (Å²) in [5.74, 6) is 1.19. The fourth-order valence-corrected chi connectivity index (χ4v) is 1.96. The van der Waals surface area contributed by atoms with Crippen molar-refractivity contribution >= 4 is 0 Å². The highest BCUT2D eigenvalue weighted by Gasteiger charge is 2.33. The summed E-state index contributed by atoms with van der Waals surface area (Å²) in [5, 5.41) is 7.36. The fraction of sp³-hybridized carbons (Fsp3) is 0.846. The van der Waals surface area contributed by atoms with Gasteiger partial charge in [-0.05, 0) is 25.8 Å². The van der Waals surface area contributed by atoms with Gasteiger partial charge in [-0.2, -0.15) is 4.98 Å². The number of hydrogen-bond donors (Lipinski definition) is 1. The number of hydrogen-bond acceptors (Lipinski definition) is 5. The third-order valence-corrected chi connectivity index (χ3v) is 2.85. The smallest absolute Gasteiger partial charge is 0.246 e. The van der Waals surface area contributed by atoms with E-state index in [2.05, 4.69) is 36.2 Å². The van der Waals surface area contributed by atoms with Crippen molar-refractivity contribution in [1.29, 1.82) is 0 Å². The molecule has 0 saturated carbocycles. The van der Waals surface area contributed by atoms with Crippen LogP contribution in [-0.2, 0) is 10.3 Å². The van der Waals surface area contributed by atoms with E-state index in [1.807, 2.05) is 20.8 Å². The van der Waals surface area contributed by atoms with Gasteiger partial charge in [0.1, 0.15) is 6.10 Å². The first-order chi connectivity index (χ1) is 8.22.